The van der Waals surface area contributed by atoms with Crippen molar-refractivity contribution in [3.8, 4) is 11.3 Å². The quantitative estimate of drug-likeness (QED) is 0.593. The van der Waals surface area contributed by atoms with Gasteiger partial charge in [-0.25, -0.2) is 13.4 Å². The summed E-state index contributed by atoms with van der Waals surface area (Å²) < 4.78 is 23.7. The molecule has 3 rings (SSSR count). The molecule has 0 radical (unpaired) electrons. The van der Waals surface area contributed by atoms with Gasteiger partial charge in [-0.15, -0.1) is 11.3 Å². The van der Waals surface area contributed by atoms with Crippen LogP contribution in [-0.4, -0.2) is 25.1 Å². The molecule has 140 valence electrons. The number of hydrogen-bond donors (Lipinski definition) is 1. The van der Waals surface area contributed by atoms with Gasteiger partial charge in [0.1, 0.15) is 0 Å². The van der Waals surface area contributed by atoms with Crippen molar-refractivity contribution in [3.05, 3.63) is 63.5 Å². The lowest BCUT2D eigenvalue weighted by molar-refractivity contribution is 0.102. The van der Waals surface area contributed by atoms with E-state index in [2.05, 4.69) is 10.3 Å². The maximum atomic E-state index is 12.4. The fraction of sp³-hybridized carbons (Fsp3) is 0.111. The van der Waals surface area contributed by atoms with Gasteiger partial charge in [-0.2, -0.15) is 0 Å². The summed E-state index contributed by atoms with van der Waals surface area (Å²) in [6, 6.07) is 11.0. The van der Waals surface area contributed by atoms with E-state index in [1.165, 1.54) is 35.6 Å². The van der Waals surface area contributed by atoms with Gasteiger partial charge in [-0.3, -0.25) is 10.1 Å². The van der Waals surface area contributed by atoms with Crippen LogP contribution in [0.2, 0.25) is 10.0 Å². The van der Waals surface area contributed by atoms with E-state index in [4.69, 9.17) is 23.2 Å². The molecule has 0 spiro atoms. The lowest BCUT2D eigenvalue weighted by Crippen LogP contribution is -2.12. The van der Waals surface area contributed by atoms with Crippen molar-refractivity contribution in [3.63, 3.8) is 0 Å². The number of thiazole rings is 1. The summed E-state index contributed by atoms with van der Waals surface area (Å²) in [6.45, 7) is 1.57. The Hall–Kier alpha value is -1.93. The number of carbonyl (C=O) groups is 1. The average Bonchev–Trinajstić information content (AvgIpc) is 3.12. The number of carbonyl (C=O) groups excluding carboxylic acids is 1. The van der Waals surface area contributed by atoms with E-state index in [1.54, 1.807) is 30.5 Å². The van der Waals surface area contributed by atoms with Gasteiger partial charge in [0.05, 0.1) is 26.4 Å². The highest BCUT2D eigenvalue weighted by Crippen LogP contribution is 2.30. The molecule has 1 amide bonds. The summed E-state index contributed by atoms with van der Waals surface area (Å²) >= 11 is 13.2. The lowest BCUT2D eigenvalue weighted by Gasteiger charge is -2.04. The van der Waals surface area contributed by atoms with Crippen LogP contribution in [0.3, 0.4) is 0 Å². The number of hydrogen-bond acceptors (Lipinski definition) is 5. The fourth-order valence-corrected chi connectivity index (χ4v) is 4.17. The Bertz CT molecular complexity index is 1090. The molecule has 27 heavy (non-hydrogen) atoms. The van der Waals surface area contributed by atoms with Crippen molar-refractivity contribution in [2.75, 3.05) is 11.1 Å². The van der Waals surface area contributed by atoms with E-state index in [9.17, 15) is 13.2 Å². The van der Waals surface area contributed by atoms with E-state index in [-0.39, 0.29) is 16.6 Å². The zero-order chi connectivity index (χ0) is 19.6. The normalized spacial score (nSPS) is 11.4. The molecule has 1 N–H and O–H groups in total. The summed E-state index contributed by atoms with van der Waals surface area (Å²) in [7, 11) is -3.30. The Balaban J connectivity index is 1.75. The van der Waals surface area contributed by atoms with Gasteiger partial charge >= 0.3 is 0 Å². The standard InChI is InChI=1S/C18H14Cl2N2O3S2/c1-2-27(24,25)13-6-3-11(4-7-13)17(23)22-18-21-16(10-26-18)12-5-8-14(19)15(20)9-12/h3-10H,2H2,1H3,(H,21,22,23). The average molecular weight is 441 g/mol. The van der Waals surface area contributed by atoms with Gasteiger partial charge in [0.2, 0.25) is 0 Å². The minimum Gasteiger partial charge on any atom is -0.298 e. The molecular weight excluding hydrogens is 427 g/mol. The van der Waals surface area contributed by atoms with E-state index in [0.717, 1.165) is 5.56 Å². The van der Waals surface area contributed by atoms with Crippen molar-refractivity contribution in [1.82, 2.24) is 4.98 Å². The van der Waals surface area contributed by atoms with Crippen molar-refractivity contribution in [1.29, 1.82) is 0 Å². The topological polar surface area (TPSA) is 76.1 Å². The summed E-state index contributed by atoms with van der Waals surface area (Å²) in [5.41, 5.74) is 1.80. The molecule has 5 nitrogen and oxygen atoms in total. The van der Waals surface area contributed by atoms with E-state index in [1.807, 2.05) is 0 Å². The van der Waals surface area contributed by atoms with Crippen LogP contribution in [0.5, 0.6) is 0 Å². The monoisotopic (exact) mass is 440 g/mol. The first-order valence-electron chi connectivity index (χ1n) is 7.85. The molecule has 1 heterocycles. The molecular formula is C18H14Cl2N2O3S2. The van der Waals surface area contributed by atoms with Crippen LogP contribution in [0.1, 0.15) is 17.3 Å². The van der Waals surface area contributed by atoms with Gasteiger partial charge in [0.15, 0.2) is 15.0 Å². The number of amides is 1. The van der Waals surface area contributed by atoms with Gasteiger partial charge in [-0.05, 0) is 36.4 Å². The molecule has 0 aliphatic carbocycles. The van der Waals surface area contributed by atoms with E-state index in [0.29, 0.717) is 26.4 Å². The third-order valence-corrected chi connectivity index (χ3v) is 7.04. The van der Waals surface area contributed by atoms with Crippen LogP contribution in [-0.2, 0) is 9.84 Å². The molecule has 0 saturated carbocycles. The van der Waals surface area contributed by atoms with Crippen LogP contribution in [0.4, 0.5) is 5.13 Å². The number of aromatic nitrogens is 1. The van der Waals surface area contributed by atoms with E-state index >= 15 is 0 Å². The lowest BCUT2D eigenvalue weighted by atomic mass is 10.2. The van der Waals surface area contributed by atoms with Crippen molar-refractivity contribution in [2.45, 2.75) is 11.8 Å². The second kappa shape index (κ2) is 7.98. The Morgan fingerprint density at radius 3 is 2.44 bits per heavy atom. The van der Waals surface area contributed by atoms with Crippen molar-refractivity contribution >= 4 is 55.4 Å². The number of rotatable bonds is 5. The molecule has 0 fully saturated rings. The van der Waals surface area contributed by atoms with Crippen molar-refractivity contribution < 1.29 is 13.2 Å². The summed E-state index contributed by atoms with van der Waals surface area (Å²) in [5.74, 6) is -0.361. The van der Waals surface area contributed by atoms with Gasteiger partial charge in [0.25, 0.3) is 5.91 Å². The first-order valence-corrected chi connectivity index (χ1v) is 11.1. The van der Waals surface area contributed by atoms with Crippen LogP contribution >= 0.6 is 34.5 Å². The third-order valence-electron chi connectivity index (χ3n) is 3.80. The van der Waals surface area contributed by atoms with Crippen LogP contribution in [0.25, 0.3) is 11.3 Å². The zero-order valence-corrected chi connectivity index (χ0v) is 17.2. The van der Waals surface area contributed by atoms with Crippen LogP contribution in [0, 0.1) is 0 Å². The summed E-state index contributed by atoms with van der Waals surface area (Å²) in [6.07, 6.45) is 0. The summed E-state index contributed by atoms with van der Waals surface area (Å²) in [5, 5.41) is 5.81. The van der Waals surface area contributed by atoms with Crippen LogP contribution in [0.15, 0.2) is 52.7 Å². The number of nitrogens with one attached hydrogen (secondary N) is 1. The second-order valence-electron chi connectivity index (χ2n) is 5.55. The third kappa shape index (κ3) is 4.50. The zero-order valence-electron chi connectivity index (χ0n) is 14.1. The molecule has 0 aliphatic rings. The highest BCUT2D eigenvalue weighted by molar-refractivity contribution is 7.91. The largest absolute Gasteiger partial charge is 0.298 e. The Morgan fingerprint density at radius 1 is 1.11 bits per heavy atom. The minimum absolute atomic E-state index is 0.00908. The Kier molecular flexibility index (Phi) is 5.86. The maximum absolute atomic E-state index is 12.4. The summed E-state index contributed by atoms with van der Waals surface area (Å²) in [4.78, 5) is 16.9. The molecule has 0 aliphatic heterocycles. The van der Waals surface area contributed by atoms with E-state index < -0.39 is 9.84 Å². The highest BCUT2D eigenvalue weighted by atomic mass is 35.5. The Morgan fingerprint density at radius 2 is 1.81 bits per heavy atom. The van der Waals surface area contributed by atoms with Crippen LogP contribution < -0.4 is 5.32 Å². The molecule has 0 atom stereocenters. The SMILES string of the molecule is CCS(=O)(=O)c1ccc(C(=O)Nc2nc(-c3ccc(Cl)c(Cl)c3)cs2)cc1. The molecule has 1 aromatic heterocycles. The predicted molar refractivity (Wildman–Crippen MR) is 110 cm³/mol. The second-order valence-corrected chi connectivity index (χ2v) is 9.50. The van der Waals surface area contributed by atoms with Gasteiger partial charge < -0.3 is 0 Å². The maximum Gasteiger partial charge on any atom is 0.257 e. The number of nitrogens with zero attached hydrogens (tertiary/aromatic N) is 1. The molecule has 0 saturated heterocycles. The number of halogens is 2. The van der Waals surface area contributed by atoms with Gasteiger partial charge in [-0.1, -0.05) is 36.2 Å². The first-order chi connectivity index (χ1) is 12.8. The predicted octanol–water partition coefficient (Wildman–Crippen LogP) is 5.16. The number of benzene rings is 2. The fourth-order valence-electron chi connectivity index (χ4n) is 2.27. The molecule has 0 bridgehead atoms. The molecule has 9 heteroatoms. The smallest absolute Gasteiger partial charge is 0.257 e. The van der Waals surface area contributed by atoms with Gasteiger partial charge in [0, 0.05) is 16.5 Å². The van der Waals surface area contributed by atoms with Crippen molar-refractivity contribution in [2.24, 2.45) is 0 Å². The minimum atomic E-state index is -3.30. The Labute approximate surface area is 170 Å². The molecule has 0 unspecified atom stereocenters. The number of sulfone groups is 1. The number of anilines is 1. The molecule has 2 aromatic carbocycles. The highest BCUT2D eigenvalue weighted by Gasteiger charge is 2.14. The first kappa shape index (κ1) is 19.8. The molecule has 3 aromatic rings.